The Balaban J connectivity index is 1.40. The van der Waals surface area contributed by atoms with E-state index in [0.29, 0.717) is 71.0 Å². The molecule has 0 saturated heterocycles. The minimum Gasteiger partial charge on any atom is -0.469 e. The number of carbonyl (C=O) groups excluding carboxylic acids is 2. The van der Waals surface area contributed by atoms with Crippen molar-refractivity contribution in [3.8, 4) is 0 Å². The molecule has 0 spiro atoms. The van der Waals surface area contributed by atoms with Gasteiger partial charge in [-0.1, -0.05) is 22.3 Å². The third-order valence-corrected chi connectivity index (χ3v) is 13.3. The van der Waals surface area contributed by atoms with Gasteiger partial charge in [0.2, 0.25) is 0 Å². The highest BCUT2D eigenvalue weighted by Gasteiger charge is 3.02. The molecule has 0 aromatic heterocycles. The maximum Gasteiger partial charge on any atom is 0.313 e. The second-order valence-electron chi connectivity index (χ2n) is 12.0. The molecule has 0 amide bonds. The molecule has 8 saturated carbocycles. The van der Waals surface area contributed by atoms with E-state index >= 15 is 0 Å². The summed E-state index contributed by atoms with van der Waals surface area (Å²) < 4.78 is 11.2. The highest BCUT2D eigenvalue weighted by atomic mass is 16.5. The van der Waals surface area contributed by atoms with Crippen LogP contribution in [0.15, 0.2) is 22.3 Å². The molecule has 28 heavy (non-hydrogen) atoms. The Morgan fingerprint density at radius 2 is 0.929 bits per heavy atom. The van der Waals surface area contributed by atoms with Crippen LogP contribution < -0.4 is 0 Å². The zero-order valence-corrected chi connectivity index (χ0v) is 15.7. The van der Waals surface area contributed by atoms with Crippen LogP contribution in [0.25, 0.3) is 0 Å². The molecule has 8 unspecified atom stereocenters. The first-order valence-electron chi connectivity index (χ1n) is 11.3. The molecule has 0 aromatic carbocycles. The summed E-state index contributed by atoms with van der Waals surface area (Å²) in [7, 11) is 3.23. The summed E-state index contributed by atoms with van der Waals surface area (Å²) in [6.45, 7) is 0. The van der Waals surface area contributed by atoms with E-state index in [1.165, 1.54) is 0 Å². The molecule has 4 heteroatoms. The maximum absolute atomic E-state index is 13.6. The van der Waals surface area contributed by atoms with Gasteiger partial charge in [-0.25, -0.2) is 0 Å². The summed E-state index contributed by atoms with van der Waals surface area (Å²) in [4.78, 5) is 27.2. The van der Waals surface area contributed by atoms with Crippen LogP contribution in [-0.4, -0.2) is 26.2 Å². The van der Waals surface area contributed by atoms with Gasteiger partial charge in [0.1, 0.15) is 0 Å². The SMILES string of the molecule is COC(=O)C12C3C4=C5C6C7C4C1C1C4=C8C(C17)C6C1(C(=O)OC)C5C3C(C42)C81. The average molecular weight is 372 g/mol. The van der Waals surface area contributed by atoms with Crippen molar-refractivity contribution >= 4 is 11.9 Å². The Morgan fingerprint density at radius 3 is 1.21 bits per heavy atom. The lowest BCUT2D eigenvalue weighted by atomic mass is 9.63. The molecule has 8 atom stereocenters. The van der Waals surface area contributed by atoms with Crippen molar-refractivity contribution in [2.24, 2.45) is 93.7 Å². The van der Waals surface area contributed by atoms with Crippen LogP contribution in [-0.2, 0) is 19.1 Å². The van der Waals surface area contributed by atoms with Gasteiger partial charge in [0.15, 0.2) is 0 Å². The van der Waals surface area contributed by atoms with Crippen LogP contribution in [0, 0.1) is 93.7 Å². The van der Waals surface area contributed by atoms with Crippen LogP contribution in [0.4, 0.5) is 0 Å². The van der Waals surface area contributed by atoms with Gasteiger partial charge in [0.25, 0.3) is 0 Å². The van der Waals surface area contributed by atoms with Crippen molar-refractivity contribution in [2.45, 2.75) is 0 Å². The van der Waals surface area contributed by atoms with E-state index in [1.807, 2.05) is 0 Å². The fourth-order valence-corrected chi connectivity index (χ4v) is 14.7. The number of rotatable bonds is 2. The van der Waals surface area contributed by atoms with E-state index in [0.717, 1.165) is 11.8 Å². The Morgan fingerprint density at radius 1 is 0.607 bits per heavy atom. The molecule has 140 valence electrons. The van der Waals surface area contributed by atoms with Crippen molar-refractivity contribution in [3.05, 3.63) is 22.3 Å². The first kappa shape index (κ1) is 12.9. The summed E-state index contributed by atoms with van der Waals surface area (Å²) in [5.74, 6) is 8.13. The smallest absolute Gasteiger partial charge is 0.313 e. The maximum atomic E-state index is 13.6. The van der Waals surface area contributed by atoms with Gasteiger partial charge in [-0.05, 0) is 59.2 Å². The normalized spacial score (nSPS) is 75.1. The zero-order chi connectivity index (χ0) is 18.0. The molecular weight excluding hydrogens is 352 g/mol. The molecule has 0 N–H and O–H groups in total. The van der Waals surface area contributed by atoms with Crippen LogP contribution >= 0.6 is 0 Å². The minimum absolute atomic E-state index is 0.111. The molecule has 12 aliphatic rings. The molecule has 0 aliphatic heterocycles. The van der Waals surface area contributed by atoms with Crippen molar-refractivity contribution in [2.75, 3.05) is 14.2 Å². The Bertz CT molecular complexity index is 1010. The third kappa shape index (κ3) is 0.625. The molecule has 4 nitrogen and oxygen atoms in total. The summed E-state index contributed by atoms with van der Waals surface area (Å²) in [6.07, 6.45) is 0. The second-order valence-corrected chi connectivity index (χ2v) is 12.0. The minimum atomic E-state index is -0.251. The highest BCUT2D eigenvalue weighted by Crippen LogP contribution is 3.03. The number of hydrogen-bond donors (Lipinski definition) is 0. The fourth-order valence-electron chi connectivity index (χ4n) is 14.7. The number of methoxy groups -OCH3 is 2. The van der Waals surface area contributed by atoms with E-state index in [-0.39, 0.29) is 22.8 Å². The van der Waals surface area contributed by atoms with Crippen LogP contribution in [0.5, 0.6) is 0 Å². The fraction of sp³-hybridized carbons (Fsp3) is 0.750. The van der Waals surface area contributed by atoms with Gasteiger partial charge in [0.05, 0.1) is 25.0 Å². The van der Waals surface area contributed by atoms with Gasteiger partial charge < -0.3 is 9.47 Å². The van der Waals surface area contributed by atoms with Crippen LogP contribution in [0.3, 0.4) is 0 Å². The van der Waals surface area contributed by atoms with Crippen molar-refractivity contribution in [1.82, 2.24) is 0 Å². The van der Waals surface area contributed by atoms with Gasteiger partial charge in [-0.2, -0.15) is 0 Å². The molecule has 8 fully saturated rings. The molecule has 12 rings (SSSR count). The monoisotopic (exact) mass is 372 g/mol. The van der Waals surface area contributed by atoms with Crippen molar-refractivity contribution in [1.29, 1.82) is 0 Å². The molecular formula is C24H20O4. The molecule has 0 aromatic rings. The number of allylic oxidation sites excluding steroid dienone is 4. The molecule has 0 heterocycles. The van der Waals surface area contributed by atoms with Crippen LogP contribution in [0.1, 0.15) is 0 Å². The van der Waals surface area contributed by atoms with Gasteiger partial charge in [0, 0.05) is 23.7 Å². The van der Waals surface area contributed by atoms with E-state index in [2.05, 4.69) is 0 Å². The largest absolute Gasteiger partial charge is 0.469 e. The van der Waals surface area contributed by atoms with Crippen LogP contribution in [0.2, 0.25) is 0 Å². The molecule has 0 bridgehead atoms. The second kappa shape index (κ2) is 2.89. The number of hydrogen-bond acceptors (Lipinski definition) is 4. The quantitative estimate of drug-likeness (QED) is 0.547. The van der Waals surface area contributed by atoms with Gasteiger partial charge >= 0.3 is 11.9 Å². The number of carbonyl (C=O) groups is 2. The Kier molecular flexibility index (Phi) is 1.33. The lowest BCUT2D eigenvalue weighted by Gasteiger charge is -2.39. The summed E-state index contributed by atoms with van der Waals surface area (Å²) in [5, 5.41) is 0. The first-order chi connectivity index (χ1) is 13.7. The predicted octanol–water partition coefficient (Wildman–Crippen LogP) is 1.67. The summed E-state index contributed by atoms with van der Waals surface area (Å²) >= 11 is 0. The van der Waals surface area contributed by atoms with Gasteiger partial charge in [-0.15, -0.1) is 0 Å². The highest BCUT2D eigenvalue weighted by molar-refractivity contribution is 5.92. The predicted molar refractivity (Wildman–Crippen MR) is 91.8 cm³/mol. The first-order valence-corrected chi connectivity index (χ1v) is 11.3. The molecule has 0 radical (unpaired) electrons. The lowest BCUT2D eigenvalue weighted by molar-refractivity contribution is -0.163. The van der Waals surface area contributed by atoms with E-state index < -0.39 is 0 Å². The zero-order valence-electron chi connectivity index (χ0n) is 15.7. The Hall–Kier alpha value is -1.58. The van der Waals surface area contributed by atoms with E-state index in [4.69, 9.17) is 9.47 Å². The topological polar surface area (TPSA) is 52.6 Å². The third-order valence-electron chi connectivity index (χ3n) is 13.3. The standard InChI is InChI=1S/C24H20O4/c1-27-21(25)23-15-5-3-4-6(15)10-12-8(4)16-7(3)11-9(5)17(23)13-14(18(10)23)20(12)24(16,19(11)13)22(26)28-2/h3-8,13-20H,1-2H3. The lowest BCUT2D eigenvalue weighted by Crippen LogP contribution is -2.47. The number of esters is 2. The summed E-state index contributed by atoms with van der Waals surface area (Å²) in [6, 6.07) is 0. The number of ether oxygens (including phenoxy) is 2. The average Bonchev–Trinajstić information content (AvgIpc) is 3.43. The Labute approximate surface area is 161 Å². The van der Waals surface area contributed by atoms with Crippen molar-refractivity contribution < 1.29 is 19.1 Å². The van der Waals surface area contributed by atoms with Crippen molar-refractivity contribution in [3.63, 3.8) is 0 Å². The van der Waals surface area contributed by atoms with Gasteiger partial charge in [-0.3, -0.25) is 9.59 Å². The summed E-state index contributed by atoms with van der Waals surface area (Å²) in [5.41, 5.74) is 6.38. The molecule has 12 aliphatic carbocycles. The van der Waals surface area contributed by atoms with E-state index in [9.17, 15) is 9.59 Å². The van der Waals surface area contributed by atoms with E-state index in [1.54, 1.807) is 36.5 Å².